The molecule has 0 bridgehead atoms. The van der Waals surface area contributed by atoms with Gasteiger partial charge in [0.05, 0.1) is 58.8 Å². The van der Waals surface area contributed by atoms with Crippen molar-refractivity contribution in [2.75, 3.05) is 53.3 Å². The highest BCUT2D eigenvalue weighted by atomic mass is 32.1. The number of hydrogen-bond acceptors (Lipinski definition) is 10. The first-order valence-electron chi connectivity index (χ1n) is 11.1. The number of rotatable bonds is 10. The molecule has 1 aromatic heterocycles. The molecular weight excluding hydrogens is 516 g/mol. The summed E-state index contributed by atoms with van der Waals surface area (Å²) in [6.45, 7) is 1.59. The first-order chi connectivity index (χ1) is 18.2. The summed E-state index contributed by atoms with van der Waals surface area (Å²) in [4.78, 5) is 39.3. The summed E-state index contributed by atoms with van der Waals surface area (Å²) in [5.74, 6) is 0.00181. The van der Waals surface area contributed by atoms with Crippen molar-refractivity contribution in [1.82, 2.24) is 0 Å². The van der Waals surface area contributed by atoms with E-state index in [0.29, 0.717) is 28.5 Å². The molecule has 38 heavy (non-hydrogen) atoms. The number of carbonyl (C=O) groups is 3. The van der Waals surface area contributed by atoms with Crippen LogP contribution in [-0.2, 0) is 4.74 Å². The van der Waals surface area contributed by atoms with Gasteiger partial charge in [-0.25, -0.2) is 4.79 Å². The molecule has 0 aliphatic carbocycles. The van der Waals surface area contributed by atoms with E-state index in [9.17, 15) is 14.4 Å². The molecule has 0 saturated carbocycles. The van der Waals surface area contributed by atoms with Crippen LogP contribution in [0.4, 0.5) is 10.7 Å². The molecule has 0 aliphatic heterocycles. The highest BCUT2D eigenvalue weighted by Gasteiger charge is 2.28. The molecule has 12 heteroatoms. The van der Waals surface area contributed by atoms with Gasteiger partial charge in [0.25, 0.3) is 11.8 Å². The lowest BCUT2D eigenvalue weighted by Gasteiger charge is -2.14. The zero-order chi connectivity index (χ0) is 28.0. The Hall–Kier alpha value is -4.45. The Morgan fingerprint density at radius 3 is 1.89 bits per heavy atom. The van der Waals surface area contributed by atoms with E-state index in [1.54, 1.807) is 25.1 Å². The van der Waals surface area contributed by atoms with Crippen LogP contribution >= 0.6 is 11.3 Å². The normalized spacial score (nSPS) is 10.3. The Morgan fingerprint density at radius 2 is 1.37 bits per heavy atom. The van der Waals surface area contributed by atoms with Crippen LogP contribution in [0.3, 0.4) is 0 Å². The van der Waals surface area contributed by atoms with E-state index in [2.05, 4.69) is 10.6 Å². The van der Waals surface area contributed by atoms with Gasteiger partial charge in [0.1, 0.15) is 16.5 Å². The lowest BCUT2D eigenvalue weighted by Crippen LogP contribution is -2.15. The second-order valence-electron chi connectivity index (χ2n) is 7.64. The topological polar surface area (TPSA) is 131 Å². The van der Waals surface area contributed by atoms with E-state index in [1.165, 1.54) is 54.8 Å². The predicted octanol–water partition coefficient (Wildman–Crippen LogP) is 4.39. The number of hydrogen-bond donors (Lipinski definition) is 2. The fourth-order valence-corrected chi connectivity index (χ4v) is 4.73. The summed E-state index contributed by atoms with van der Waals surface area (Å²) in [5, 5.41) is 5.61. The molecule has 3 aromatic rings. The highest BCUT2D eigenvalue weighted by molar-refractivity contribution is 7.19. The summed E-state index contributed by atoms with van der Waals surface area (Å²) in [6.07, 6.45) is 0. The van der Waals surface area contributed by atoms with Crippen LogP contribution in [0.15, 0.2) is 30.3 Å². The van der Waals surface area contributed by atoms with Crippen molar-refractivity contribution in [3.63, 3.8) is 0 Å². The second kappa shape index (κ2) is 12.2. The van der Waals surface area contributed by atoms with E-state index in [1.807, 2.05) is 0 Å². The van der Waals surface area contributed by atoms with Crippen molar-refractivity contribution in [3.8, 4) is 28.7 Å². The number of methoxy groups -OCH3 is 6. The lowest BCUT2D eigenvalue weighted by atomic mass is 10.1. The summed E-state index contributed by atoms with van der Waals surface area (Å²) < 4.78 is 31.4. The van der Waals surface area contributed by atoms with Crippen molar-refractivity contribution in [1.29, 1.82) is 0 Å². The Bertz CT molecular complexity index is 1340. The third-order valence-electron chi connectivity index (χ3n) is 5.55. The molecule has 1 heterocycles. The molecule has 2 N–H and O–H groups in total. The van der Waals surface area contributed by atoms with Gasteiger partial charge in [-0.2, -0.15) is 0 Å². The quantitative estimate of drug-likeness (QED) is 0.357. The Labute approximate surface area is 223 Å². The minimum atomic E-state index is -0.711. The number of carbonyl (C=O) groups excluding carboxylic acids is 3. The molecule has 0 unspecified atom stereocenters. The number of anilines is 2. The third-order valence-corrected chi connectivity index (χ3v) is 6.76. The number of nitrogens with one attached hydrogen (secondary N) is 2. The van der Waals surface area contributed by atoms with E-state index >= 15 is 0 Å². The number of amides is 2. The molecule has 2 amide bonds. The fourth-order valence-electron chi connectivity index (χ4n) is 3.64. The fraction of sp³-hybridized carbons (Fsp3) is 0.269. The van der Waals surface area contributed by atoms with Gasteiger partial charge in [-0.05, 0) is 36.8 Å². The van der Waals surface area contributed by atoms with Gasteiger partial charge < -0.3 is 39.1 Å². The lowest BCUT2D eigenvalue weighted by molar-refractivity contribution is 0.0601. The zero-order valence-corrected chi connectivity index (χ0v) is 22.8. The monoisotopic (exact) mass is 544 g/mol. The predicted molar refractivity (Wildman–Crippen MR) is 142 cm³/mol. The van der Waals surface area contributed by atoms with Crippen molar-refractivity contribution in [2.24, 2.45) is 0 Å². The molecule has 0 fully saturated rings. The first kappa shape index (κ1) is 28.1. The summed E-state index contributed by atoms with van der Waals surface area (Å²) >= 11 is 0.927. The summed E-state index contributed by atoms with van der Waals surface area (Å²) in [5.41, 5.74) is 0.934. The van der Waals surface area contributed by atoms with Crippen LogP contribution < -0.4 is 34.3 Å². The first-order valence-corrected chi connectivity index (χ1v) is 11.9. The molecule has 11 nitrogen and oxygen atoms in total. The summed E-state index contributed by atoms with van der Waals surface area (Å²) in [7, 11) is 8.50. The van der Waals surface area contributed by atoms with Crippen molar-refractivity contribution < 1.29 is 42.8 Å². The number of esters is 1. The third kappa shape index (κ3) is 5.59. The van der Waals surface area contributed by atoms with Crippen LogP contribution in [0, 0.1) is 6.92 Å². The maximum absolute atomic E-state index is 13.3. The van der Waals surface area contributed by atoms with Crippen LogP contribution in [0.2, 0.25) is 0 Å². The van der Waals surface area contributed by atoms with E-state index in [0.717, 1.165) is 11.3 Å². The van der Waals surface area contributed by atoms with Gasteiger partial charge in [0.15, 0.2) is 11.5 Å². The molecule has 3 rings (SSSR count). The van der Waals surface area contributed by atoms with Crippen molar-refractivity contribution >= 4 is 39.8 Å². The van der Waals surface area contributed by atoms with Gasteiger partial charge in [-0.1, -0.05) is 0 Å². The van der Waals surface area contributed by atoms with Crippen LogP contribution in [0.25, 0.3) is 0 Å². The van der Waals surface area contributed by atoms with Gasteiger partial charge >= 0.3 is 5.97 Å². The van der Waals surface area contributed by atoms with Gasteiger partial charge in [0.2, 0.25) is 5.75 Å². The van der Waals surface area contributed by atoms with Crippen LogP contribution in [-0.4, -0.2) is 60.4 Å². The maximum Gasteiger partial charge on any atom is 0.341 e. The summed E-state index contributed by atoms with van der Waals surface area (Å²) in [6, 6.07) is 7.89. The number of ether oxygens (including phenoxy) is 6. The van der Waals surface area contributed by atoms with E-state index < -0.39 is 17.8 Å². The minimum absolute atomic E-state index is 0.0565. The average Bonchev–Trinajstić information content (AvgIpc) is 3.26. The molecule has 2 aromatic carbocycles. The maximum atomic E-state index is 13.3. The van der Waals surface area contributed by atoms with Crippen molar-refractivity contribution in [2.45, 2.75) is 6.92 Å². The van der Waals surface area contributed by atoms with Gasteiger partial charge in [0, 0.05) is 11.6 Å². The molecule has 0 saturated heterocycles. The molecule has 0 aliphatic rings. The standard InChI is InChI=1S/C26H28N2O9S/c1-13-20(26(31)37-7)25(28-23(29)14-10-18(34-4)21(36-6)19(11-14)35-5)38-22(13)24(30)27-16-12-15(32-2)8-9-17(16)33-3/h8-12H,1-7H3,(H,27,30)(H,28,29). The van der Waals surface area contributed by atoms with E-state index in [4.69, 9.17) is 28.4 Å². The van der Waals surface area contributed by atoms with Gasteiger partial charge in [-0.3, -0.25) is 9.59 Å². The van der Waals surface area contributed by atoms with Crippen LogP contribution in [0.5, 0.6) is 28.7 Å². The molecule has 202 valence electrons. The number of benzene rings is 2. The van der Waals surface area contributed by atoms with Crippen LogP contribution in [0.1, 0.15) is 36.0 Å². The molecule has 0 radical (unpaired) electrons. The minimum Gasteiger partial charge on any atom is -0.497 e. The van der Waals surface area contributed by atoms with Crippen molar-refractivity contribution in [3.05, 3.63) is 51.9 Å². The Morgan fingerprint density at radius 1 is 0.737 bits per heavy atom. The van der Waals surface area contributed by atoms with Gasteiger partial charge in [-0.15, -0.1) is 11.3 Å². The molecule has 0 spiro atoms. The smallest absolute Gasteiger partial charge is 0.341 e. The average molecular weight is 545 g/mol. The largest absolute Gasteiger partial charge is 0.497 e. The van der Waals surface area contributed by atoms with E-state index in [-0.39, 0.29) is 32.5 Å². The highest BCUT2D eigenvalue weighted by Crippen LogP contribution is 2.39. The SMILES string of the molecule is COC(=O)c1c(NC(=O)c2cc(OC)c(OC)c(OC)c2)sc(C(=O)Nc2cc(OC)ccc2OC)c1C. The zero-order valence-electron chi connectivity index (χ0n) is 22.0. The number of thiophene rings is 1. The Kier molecular flexibility index (Phi) is 9.02. The Balaban J connectivity index is 2.00. The molecule has 0 atom stereocenters. The molecular formula is C26H28N2O9S. The second-order valence-corrected chi connectivity index (χ2v) is 8.66.